The molecule has 3 rings (SSSR count). The molecule has 1 aromatic carbocycles. The van der Waals surface area contributed by atoms with E-state index in [1.807, 2.05) is 31.2 Å². The van der Waals surface area contributed by atoms with Crippen molar-refractivity contribution in [1.29, 1.82) is 0 Å². The SMILES string of the molecule is CCCn1c(SCC(=O)N(C)Cc2ccco2)nc2ccccc2c1=O. The zero-order chi connectivity index (χ0) is 18.5. The van der Waals surface area contributed by atoms with Crippen molar-refractivity contribution in [3.8, 4) is 0 Å². The number of aromatic nitrogens is 2. The number of furan rings is 1. The molecule has 3 aromatic rings. The molecule has 0 saturated carbocycles. The molecule has 0 aliphatic rings. The van der Waals surface area contributed by atoms with Gasteiger partial charge >= 0.3 is 0 Å². The van der Waals surface area contributed by atoms with Gasteiger partial charge in [-0.25, -0.2) is 4.98 Å². The first-order chi connectivity index (χ1) is 12.6. The number of fused-ring (bicyclic) bond motifs is 1. The summed E-state index contributed by atoms with van der Waals surface area (Å²) in [5, 5.41) is 1.18. The van der Waals surface area contributed by atoms with Crippen molar-refractivity contribution in [2.45, 2.75) is 31.6 Å². The lowest BCUT2D eigenvalue weighted by atomic mass is 10.2. The minimum atomic E-state index is -0.0589. The van der Waals surface area contributed by atoms with Gasteiger partial charge in [-0.1, -0.05) is 30.8 Å². The van der Waals surface area contributed by atoms with Gasteiger partial charge in [-0.3, -0.25) is 14.2 Å². The third kappa shape index (κ3) is 3.99. The molecule has 1 amide bonds. The van der Waals surface area contributed by atoms with Gasteiger partial charge in [-0.2, -0.15) is 0 Å². The van der Waals surface area contributed by atoms with Gasteiger partial charge < -0.3 is 9.32 Å². The van der Waals surface area contributed by atoms with Crippen LogP contribution in [-0.4, -0.2) is 33.2 Å². The van der Waals surface area contributed by atoms with Crippen LogP contribution in [0.5, 0.6) is 0 Å². The summed E-state index contributed by atoms with van der Waals surface area (Å²) in [5.74, 6) is 0.903. The highest BCUT2D eigenvalue weighted by Gasteiger charge is 2.15. The number of carbonyl (C=O) groups excluding carboxylic acids is 1. The van der Waals surface area contributed by atoms with Crippen molar-refractivity contribution in [1.82, 2.24) is 14.5 Å². The maximum Gasteiger partial charge on any atom is 0.262 e. The minimum Gasteiger partial charge on any atom is -0.467 e. The van der Waals surface area contributed by atoms with Crippen molar-refractivity contribution in [3.05, 3.63) is 58.8 Å². The molecule has 0 spiro atoms. The third-order valence-electron chi connectivity index (χ3n) is 4.00. The zero-order valence-electron chi connectivity index (χ0n) is 14.8. The summed E-state index contributed by atoms with van der Waals surface area (Å²) in [6, 6.07) is 10.9. The van der Waals surface area contributed by atoms with E-state index < -0.39 is 0 Å². The van der Waals surface area contributed by atoms with Gasteiger partial charge in [0.1, 0.15) is 5.76 Å². The average molecular weight is 371 g/mol. The number of thioether (sulfide) groups is 1. The Morgan fingerprint density at radius 2 is 2.08 bits per heavy atom. The van der Waals surface area contributed by atoms with Crippen LogP contribution in [0.15, 0.2) is 57.0 Å². The van der Waals surface area contributed by atoms with Crippen LogP contribution in [0.4, 0.5) is 0 Å². The van der Waals surface area contributed by atoms with E-state index in [2.05, 4.69) is 4.98 Å². The second-order valence-corrected chi connectivity index (χ2v) is 6.93. The Bertz CT molecular complexity index is 950. The lowest BCUT2D eigenvalue weighted by Crippen LogP contribution is -2.28. The lowest BCUT2D eigenvalue weighted by molar-refractivity contribution is -0.127. The van der Waals surface area contributed by atoms with Gasteiger partial charge in [0.15, 0.2) is 5.16 Å². The Hall–Kier alpha value is -2.54. The number of para-hydroxylation sites is 1. The van der Waals surface area contributed by atoms with Gasteiger partial charge in [0, 0.05) is 13.6 Å². The maximum absolute atomic E-state index is 12.7. The van der Waals surface area contributed by atoms with Crippen LogP contribution in [-0.2, 0) is 17.9 Å². The number of carbonyl (C=O) groups is 1. The third-order valence-corrected chi connectivity index (χ3v) is 4.96. The van der Waals surface area contributed by atoms with E-state index >= 15 is 0 Å². The molecular formula is C19H21N3O3S. The Kier molecular flexibility index (Phi) is 5.78. The number of hydrogen-bond donors (Lipinski definition) is 0. The molecule has 0 saturated heterocycles. The Labute approximate surface area is 155 Å². The van der Waals surface area contributed by atoms with Gasteiger partial charge in [0.25, 0.3) is 5.56 Å². The van der Waals surface area contributed by atoms with Crippen molar-refractivity contribution in [2.75, 3.05) is 12.8 Å². The molecule has 0 N–H and O–H groups in total. The molecule has 0 bridgehead atoms. The highest BCUT2D eigenvalue weighted by Crippen LogP contribution is 2.19. The first-order valence-electron chi connectivity index (χ1n) is 8.49. The molecule has 0 aliphatic heterocycles. The largest absolute Gasteiger partial charge is 0.467 e. The molecule has 0 aliphatic carbocycles. The van der Waals surface area contributed by atoms with Gasteiger partial charge in [-0.05, 0) is 30.7 Å². The molecule has 0 atom stereocenters. The van der Waals surface area contributed by atoms with E-state index in [1.165, 1.54) is 11.8 Å². The zero-order valence-corrected chi connectivity index (χ0v) is 15.7. The van der Waals surface area contributed by atoms with E-state index in [1.54, 1.807) is 34.9 Å². The van der Waals surface area contributed by atoms with Crippen LogP contribution in [0.3, 0.4) is 0 Å². The first kappa shape index (κ1) is 18.3. The van der Waals surface area contributed by atoms with Crippen LogP contribution in [0.1, 0.15) is 19.1 Å². The van der Waals surface area contributed by atoms with Crippen LogP contribution in [0.2, 0.25) is 0 Å². The summed E-state index contributed by atoms with van der Waals surface area (Å²) in [6.07, 6.45) is 2.41. The number of benzene rings is 1. The first-order valence-corrected chi connectivity index (χ1v) is 9.47. The highest BCUT2D eigenvalue weighted by atomic mass is 32.2. The van der Waals surface area contributed by atoms with Crippen LogP contribution in [0.25, 0.3) is 10.9 Å². The van der Waals surface area contributed by atoms with Crippen LogP contribution < -0.4 is 5.56 Å². The Balaban J connectivity index is 1.78. The predicted octanol–water partition coefficient (Wildman–Crippen LogP) is 3.15. The molecule has 136 valence electrons. The molecule has 0 unspecified atom stereocenters. The Morgan fingerprint density at radius 1 is 1.27 bits per heavy atom. The summed E-state index contributed by atoms with van der Waals surface area (Å²) in [6.45, 7) is 3.01. The van der Waals surface area contributed by atoms with E-state index in [4.69, 9.17) is 4.42 Å². The van der Waals surface area contributed by atoms with Gasteiger partial charge in [0.05, 0.1) is 29.5 Å². The Morgan fingerprint density at radius 3 is 2.81 bits per heavy atom. The maximum atomic E-state index is 12.7. The second kappa shape index (κ2) is 8.23. The molecule has 0 radical (unpaired) electrons. The lowest BCUT2D eigenvalue weighted by Gasteiger charge is -2.16. The number of rotatable bonds is 7. The molecule has 2 heterocycles. The van der Waals surface area contributed by atoms with Crippen LogP contribution in [0, 0.1) is 0 Å². The summed E-state index contributed by atoms with van der Waals surface area (Å²) in [4.78, 5) is 31.3. The molecule has 26 heavy (non-hydrogen) atoms. The van der Waals surface area contributed by atoms with Crippen molar-refractivity contribution >= 4 is 28.6 Å². The highest BCUT2D eigenvalue weighted by molar-refractivity contribution is 7.99. The van der Waals surface area contributed by atoms with Gasteiger partial charge in [0.2, 0.25) is 5.91 Å². The molecule has 6 nitrogen and oxygen atoms in total. The summed E-state index contributed by atoms with van der Waals surface area (Å²) in [7, 11) is 1.73. The fourth-order valence-electron chi connectivity index (χ4n) is 2.64. The predicted molar refractivity (Wildman–Crippen MR) is 102 cm³/mol. The molecular weight excluding hydrogens is 350 g/mol. The monoisotopic (exact) mass is 371 g/mol. The number of hydrogen-bond acceptors (Lipinski definition) is 5. The van der Waals surface area contributed by atoms with E-state index in [0.717, 1.165) is 12.2 Å². The quantitative estimate of drug-likeness (QED) is 0.471. The molecule has 0 fully saturated rings. The standard InChI is InChI=1S/C19H21N3O3S/c1-3-10-22-18(24)15-8-4-5-9-16(15)20-19(22)26-13-17(23)21(2)12-14-7-6-11-25-14/h4-9,11H,3,10,12-13H2,1-2H3. The average Bonchev–Trinajstić information content (AvgIpc) is 3.15. The van der Waals surface area contributed by atoms with Crippen molar-refractivity contribution < 1.29 is 9.21 Å². The van der Waals surface area contributed by atoms with E-state index in [9.17, 15) is 9.59 Å². The van der Waals surface area contributed by atoms with E-state index in [0.29, 0.717) is 29.1 Å². The fraction of sp³-hybridized carbons (Fsp3) is 0.316. The minimum absolute atomic E-state index is 0.0446. The van der Waals surface area contributed by atoms with Crippen molar-refractivity contribution in [2.24, 2.45) is 0 Å². The second-order valence-electron chi connectivity index (χ2n) is 5.99. The van der Waals surface area contributed by atoms with E-state index in [-0.39, 0.29) is 17.2 Å². The topological polar surface area (TPSA) is 68.3 Å². The fourth-order valence-corrected chi connectivity index (χ4v) is 3.61. The summed E-state index contributed by atoms with van der Waals surface area (Å²) >= 11 is 1.30. The molecule has 7 heteroatoms. The number of amides is 1. The van der Waals surface area contributed by atoms with Crippen molar-refractivity contribution in [3.63, 3.8) is 0 Å². The normalized spacial score (nSPS) is 11.0. The van der Waals surface area contributed by atoms with Gasteiger partial charge in [-0.15, -0.1) is 0 Å². The smallest absolute Gasteiger partial charge is 0.262 e. The molecule has 2 aromatic heterocycles. The summed E-state index contributed by atoms with van der Waals surface area (Å²) < 4.78 is 6.93. The van der Waals surface area contributed by atoms with Crippen LogP contribution >= 0.6 is 11.8 Å². The number of nitrogens with zero attached hydrogens (tertiary/aromatic N) is 3. The summed E-state index contributed by atoms with van der Waals surface area (Å²) in [5.41, 5.74) is 0.597.